The van der Waals surface area contributed by atoms with Crippen molar-refractivity contribution in [3.05, 3.63) is 29.6 Å². The summed E-state index contributed by atoms with van der Waals surface area (Å²) in [6.07, 6.45) is 5.36. The van der Waals surface area contributed by atoms with E-state index in [0.29, 0.717) is 18.5 Å². The molecule has 0 amide bonds. The molecule has 1 aliphatic heterocycles. The number of fused-ring (bicyclic) bond motifs is 3. The summed E-state index contributed by atoms with van der Waals surface area (Å²) in [4.78, 5) is 12.6. The van der Waals surface area contributed by atoms with E-state index in [-0.39, 0.29) is 0 Å². The van der Waals surface area contributed by atoms with Crippen LogP contribution in [-0.4, -0.2) is 54.5 Å². The summed E-state index contributed by atoms with van der Waals surface area (Å²) >= 11 is 0. The van der Waals surface area contributed by atoms with Gasteiger partial charge in [-0.05, 0) is 50.4 Å². The fraction of sp³-hybridized carbons (Fsp3) is 0.524. The third-order valence-electron chi connectivity index (χ3n) is 5.36. The largest absolute Gasteiger partial charge is 0.384 e. The van der Waals surface area contributed by atoms with Crippen molar-refractivity contribution in [2.75, 3.05) is 39.1 Å². The molecular formula is C21H29N5O2. The summed E-state index contributed by atoms with van der Waals surface area (Å²) in [5, 5.41) is 4.39. The Bertz CT molecular complexity index is 933. The third-order valence-corrected chi connectivity index (χ3v) is 5.36. The predicted molar refractivity (Wildman–Crippen MR) is 112 cm³/mol. The molecule has 0 bridgehead atoms. The Morgan fingerprint density at radius 2 is 2.00 bits per heavy atom. The van der Waals surface area contributed by atoms with Gasteiger partial charge in [-0.3, -0.25) is 0 Å². The highest BCUT2D eigenvalue weighted by Crippen LogP contribution is 2.27. The molecule has 28 heavy (non-hydrogen) atoms. The number of aryl methyl sites for hydroxylation is 1. The van der Waals surface area contributed by atoms with Gasteiger partial charge in [0.05, 0.1) is 18.2 Å². The van der Waals surface area contributed by atoms with Gasteiger partial charge in [0.25, 0.3) is 0 Å². The molecule has 1 saturated heterocycles. The fourth-order valence-electron chi connectivity index (χ4n) is 3.82. The SMILES string of the molecule is COCCc1nc2c([nH]1)c(N)nc1cc(CCCOC3CCNCC3)ccc12. The minimum Gasteiger partial charge on any atom is -0.384 e. The van der Waals surface area contributed by atoms with E-state index in [1.54, 1.807) is 7.11 Å². The van der Waals surface area contributed by atoms with Crippen LogP contribution in [0.1, 0.15) is 30.7 Å². The Kier molecular flexibility index (Phi) is 6.04. The van der Waals surface area contributed by atoms with Crippen molar-refractivity contribution < 1.29 is 9.47 Å². The average molecular weight is 383 g/mol. The van der Waals surface area contributed by atoms with E-state index in [0.717, 1.165) is 79.6 Å². The molecule has 150 valence electrons. The topological polar surface area (TPSA) is 98.1 Å². The van der Waals surface area contributed by atoms with Crippen LogP contribution in [-0.2, 0) is 22.3 Å². The molecule has 0 radical (unpaired) electrons. The maximum absolute atomic E-state index is 6.18. The number of nitrogens with two attached hydrogens (primary N) is 1. The van der Waals surface area contributed by atoms with E-state index in [1.807, 2.05) is 0 Å². The van der Waals surface area contributed by atoms with Gasteiger partial charge in [0.15, 0.2) is 0 Å². The molecule has 3 heterocycles. The molecule has 7 nitrogen and oxygen atoms in total. The molecule has 0 spiro atoms. The fourth-order valence-corrected chi connectivity index (χ4v) is 3.82. The number of nitrogen functional groups attached to an aromatic ring is 1. The Labute approximate surface area is 165 Å². The van der Waals surface area contributed by atoms with Gasteiger partial charge in [0, 0.05) is 25.5 Å². The number of hydrogen-bond acceptors (Lipinski definition) is 6. The van der Waals surface area contributed by atoms with Gasteiger partial charge in [0.2, 0.25) is 0 Å². The number of aromatic amines is 1. The number of hydrogen-bond donors (Lipinski definition) is 3. The van der Waals surface area contributed by atoms with Gasteiger partial charge < -0.3 is 25.5 Å². The first-order valence-corrected chi connectivity index (χ1v) is 10.1. The van der Waals surface area contributed by atoms with E-state index in [2.05, 4.69) is 33.5 Å². The van der Waals surface area contributed by atoms with Crippen molar-refractivity contribution in [1.82, 2.24) is 20.3 Å². The first-order chi connectivity index (χ1) is 13.7. The number of pyridine rings is 1. The molecule has 7 heteroatoms. The van der Waals surface area contributed by atoms with Crippen LogP contribution in [0.5, 0.6) is 0 Å². The van der Waals surface area contributed by atoms with Gasteiger partial charge in [-0.1, -0.05) is 12.1 Å². The number of anilines is 1. The number of H-pyrrole nitrogens is 1. The van der Waals surface area contributed by atoms with Crippen molar-refractivity contribution in [3.8, 4) is 0 Å². The van der Waals surface area contributed by atoms with Crippen LogP contribution in [0.25, 0.3) is 21.9 Å². The zero-order chi connectivity index (χ0) is 19.3. The van der Waals surface area contributed by atoms with Gasteiger partial charge in [-0.2, -0.15) is 0 Å². The predicted octanol–water partition coefficient (Wildman–Crippen LogP) is 2.58. The lowest BCUT2D eigenvalue weighted by molar-refractivity contribution is 0.0318. The Balaban J connectivity index is 1.45. The minimum absolute atomic E-state index is 0.416. The maximum atomic E-state index is 6.18. The number of piperidine rings is 1. The highest BCUT2D eigenvalue weighted by atomic mass is 16.5. The number of methoxy groups -OCH3 is 1. The molecule has 4 N–H and O–H groups in total. The highest BCUT2D eigenvalue weighted by molar-refractivity contribution is 6.06. The van der Waals surface area contributed by atoms with Crippen LogP contribution in [0.4, 0.5) is 5.82 Å². The van der Waals surface area contributed by atoms with E-state index in [9.17, 15) is 0 Å². The van der Waals surface area contributed by atoms with Crippen molar-refractivity contribution >= 4 is 27.8 Å². The molecule has 3 aromatic rings. The number of rotatable bonds is 8. The zero-order valence-corrected chi connectivity index (χ0v) is 16.5. The average Bonchev–Trinajstić information content (AvgIpc) is 3.15. The minimum atomic E-state index is 0.416. The Hall–Kier alpha value is -2.22. The second-order valence-corrected chi connectivity index (χ2v) is 7.42. The first-order valence-electron chi connectivity index (χ1n) is 10.1. The molecule has 1 fully saturated rings. The van der Waals surface area contributed by atoms with E-state index in [4.69, 9.17) is 20.2 Å². The quantitative estimate of drug-likeness (QED) is 0.517. The summed E-state index contributed by atoms with van der Waals surface area (Å²) in [7, 11) is 1.69. The normalized spacial score (nSPS) is 15.6. The van der Waals surface area contributed by atoms with Crippen LogP contribution in [0.15, 0.2) is 18.2 Å². The summed E-state index contributed by atoms with van der Waals surface area (Å²) in [5.74, 6) is 1.36. The smallest absolute Gasteiger partial charge is 0.150 e. The Morgan fingerprint density at radius 1 is 1.14 bits per heavy atom. The maximum Gasteiger partial charge on any atom is 0.150 e. The van der Waals surface area contributed by atoms with Crippen LogP contribution in [0.2, 0.25) is 0 Å². The molecular weight excluding hydrogens is 354 g/mol. The second kappa shape index (κ2) is 8.86. The third kappa shape index (κ3) is 4.27. The first kappa shape index (κ1) is 19.1. The van der Waals surface area contributed by atoms with Gasteiger partial charge in [-0.15, -0.1) is 0 Å². The summed E-state index contributed by atoms with van der Waals surface area (Å²) in [6.45, 7) is 3.56. The number of aromatic nitrogens is 3. The summed E-state index contributed by atoms with van der Waals surface area (Å²) in [5.41, 5.74) is 10.0. The highest BCUT2D eigenvalue weighted by Gasteiger charge is 2.14. The number of ether oxygens (including phenoxy) is 2. The molecule has 2 aromatic heterocycles. The van der Waals surface area contributed by atoms with E-state index >= 15 is 0 Å². The van der Waals surface area contributed by atoms with Crippen molar-refractivity contribution in [3.63, 3.8) is 0 Å². The van der Waals surface area contributed by atoms with Crippen molar-refractivity contribution in [1.29, 1.82) is 0 Å². The lowest BCUT2D eigenvalue weighted by Crippen LogP contribution is -2.32. The number of nitrogens with zero attached hydrogens (tertiary/aromatic N) is 2. The summed E-state index contributed by atoms with van der Waals surface area (Å²) in [6, 6.07) is 6.39. The molecule has 4 rings (SSSR count). The molecule has 1 aromatic carbocycles. The monoisotopic (exact) mass is 383 g/mol. The molecule has 0 saturated carbocycles. The van der Waals surface area contributed by atoms with Crippen molar-refractivity contribution in [2.24, 2.45) is 0 Å². The lowest BCUT2D eigenvalue weighted by atomic mass is 10.1. The number of imidazole rings is 1. The molecule has 0 aliphatic carbocycles. The van der Waals surface area contributed by atoms with E-state index in [1.165, 1.54) is 5.56 Å². The van der Waals surface area contributed by atoms with Crippen LogP contribution in [0.3, 0.4) is 0 Å². The van der Waals surface area contributed by atoms with Crippen molar-refractivity contribution in [2.45, 2.75) is 38.2 Å². The molecule has 1 aliphatic rings. The van der Waals surface area contributed by atoms with Gasteiger partial charge in [-0.25, -0.2) is 9.97 Å². The number of nitrogens with one attached hydrogen (secondary N) is 2. The number of benzene rings is 1. The van der Waals surface area contributed by atoms with Crippen LogP contribution < -0.4 is 11.1 Å². The zero-order valence-electron chi connectivity index (χ0n) is 16.5. The van der Waals surface area contributed by atoms with Crippen LogP contribution in [0, 0.1) is 0 Å². The lowest BCUT2D eigenvalue weighted by Gasteiger charge is -2.22. The Morgan fingerprint density at radius 3 is 2.82 bits per heavy atom. The van der Waals surface area contributed by atoms with Crippen LogP contribution >= 0.6 is 0 Å². The second-order valence-electron chi connectivity index (χ2n) is 7.42. The van der Waals surface area contributed by atoms with E-state index < -0.39 is 0 Å². The standard InChI is InChI=1S/C21H29N5O2/c1-27-12-8-18-25-19-16-5-4-14(13-17(16)24-21(22)20(19)26-18)3-2-11-28-15-6-9-23-10-7-15/h4-5,13,15,23H,2-3,6-12H2,1H3,(H2,22,24)(H,25,26). The van der Waals surface area contributed by atoms with Gasteiger partial charge in [0.1, 0.15) is 22.7 Å². The van der Waals surface area contributed by atoms with Gasteiger partial charge >= 0.3 is 0 Å². The molecule has 0 unspecified atom stereocenters. The molecule has 0 atom stereocenters. The summed E-state index contributed by atoms with van der Waals surface area (Å²) < 4.78 is 11.1.